The van der Waals surface area contributed by atoms with Crippen molar-refractivity contribution in [2.75, 3.05) is 12.3 Å². The Morgan fingerprint density at radius 2 is 2.00 bits per heavy atom. The molecule has 0 saturated heterocycles. The molecule has 0 bridgehead atoms. The molecule has 0 atom stereocenters. The van der Waals surface area contributed by atoms with Gasteiger partial charge in [0.2, 0.25) is 5.95 Å². The Hall–Kier alpha value is -1.36. The molecular weight excluding hydrogens is 216 g/mol. The maximum Gasteiger partial charge on any atom is 0.255 e. The van der Waals surface area contributed by atoms with E-state index in [-0.39, 0.29) is 11.5 Å². The van der Waals surface area contributed by atoms with Crippen molar-refractivity contribution in [2.45, 2.75) is 44.4 Å². The Balaban J connectivity index is 2.38. The maximum atomic E-state index is 11.9. The molecule has 0 amide bonds. The molecule has 5 nitrogen and oxygen atoms in total. The highest BCUT2D eigenvalue weighted by atomic mass is 16.1. The Labute approximate surface area is 101 Å². The molecule has 5 N–H and O–H groups in total. The van der Waals surface area contributed by atoms with Gasteiger partial charge in [-0.1, -0.05) is 19.3 Å². The number of hydrogen-bond acceptors (Lipinski definition) is 4. The number of aromatic nitrogens is 2. The molecule has 1 heterocycles. The average molecular weight is 236 g/mol. The number of anilines is 1. The van der Waals surface area contributed by atoms with Gasteiger partial charge in [-0.2, -0.15) is 0 Å². The number of hydrogen-bond donors (Lipinski definition) is 3. The van der Waals surface area contributed by atoms with Crippen LogP contribution in [0.4, 0.5) is 5.95 Å². The first kappa shape index (κ1) is 12.1. The summed E-state index contributed by atoms with van der Waals surface area (Å²) < 4.78 is 0. The molecule has 1 aliphatic rings. The van der Waals surface area contributed by atoms with Crippen molar-refractivity contribution < 1.29 is 0 Å². The average Bonchev–Trinajstić information content (AvgIpc) is 2.33. The van der Waals surface area contributed by atoms with Crippen molar-refractivity contribution in [2.24, 2.45) is 5.73 Å². The number of aromatic amines is 1. The number of nitrogens with one attached hydrogen (secondary N) is 1. The van der Waals surface area contributed by atoms with Crippen molar-refractivity contribution in [3.8, 4) is 0 Å². The largest absolute Gasteiger partial charge is 0.369 e. The molecule has 1 aromatic heterocycles. The van der Waals surface area contributed by atoms with Crippen LogP contribution in [-0.4, -0.2) is 16.5 Å². The van der Waals surface area contributed by atoms with Crippen LogP contribution in [0.2, 0.25) is 0 Å². The van der Waals surface area contributed by atoms with Crippen LogP contribution in [0.1, 0.15) is 49.3 Å². The highest BCUT2D eigenvalue weighted by Gasteiger charge is 2.21. The monoisotopic (exact) mass is 236 g/mol. The van der Waals surface area contributed by atoms with Gasteiger partial charge in [-0.15, -0.1) is 0 Å². The van der Waals surface area contributed by atoms with E-state index in [0.717, 1.165) is 24.1 Å². The molecule has 0 aromatic carbocycles. The number of nitrogens with two attached hydrogens (primary N) is 2. The van der Waals surface area contributed by atoms with Crippen LogP contribution in [0.25, 0.3) is 0 Å². The lowest BCUT2D eigenvalue weighted by Crippen LogP contribution is -2.24. The smallest absolute Gasteiger partial charge is 0.255 e. The lowest BCUT2D eigenvalue weighted by atomic mass is 9.85. The molecule has 0 spiro atoms. The van der Waals surface area contributed by atoms with Gasteiger partial charge in [0.05, 0.1) is 5.69 Å². The van der Waals surface area contributed by atoms with Gasteiger partial charge in [0.1, 0.15) is 0 Å². The van der Waals surface area contributed by atoms with Gasteiger partial charge in [-0.25, -0.2) is 4.98 Å². The highest BCUT2D eigenvalue weighted by molar-refractivity contribution is 5.28. The second-order valence-corrected chi connectivity index (χ2v) is 4.69. The summed E-state index contributed by atoms with van der Waals surface area (Å²) in [5.41, 5.74) is 12.7. The summed E-state index contributed by atoms with van der Waals surface area (Å²) >= 11 is 0. The predicted octanol–water partition coefficient (Wildman–Crippen LogP) is 0.901. The Kier molecular flexibility index (Phi) is 3.78. The first-order chi connectivity index (χ1) is 8.22. The van der Waals surface area contributed by atoms with Crippen LogP contribution in [0.3, 0.4) is 0 Å². The SMILES string of the molecule is NCCc1c(C2CCCCC2)nc(N)[nH]c1=O. The van der Waals surface area contributed by atoms with Crippen LogP contribution in [0, 0.1) is 0 Å². The normalized spacial score (nSPS) is 17.2. The van der Waals surface area contributed by atoms with Crippen molar-refractivity contribution in [3.63, 3.8) is 0 Å². The van der Waals surface area contributed by atoms with Crippen LogP contribution in [-0.2, 0) is 6.42 Å². The standard InChI is InChI=1S/C12H20N4O/c13-7-6-9-10(8-4-2-1-3-5-8)15-12(14)16-11(9)17/h8H,1-7,13H2,(H3,14,15,16,17). The Morgan fingerprint density at radius 1 is 1.29 bits per heavy atom. The first-order valence-corrected chi connectivity index (χ1v) is 6.31. The van der Waals surface area contributed by atoms with E-state index in [2.05, 4.69) is 9.97 Å². The summed E-state index contributed by atoms with van der Waals surface area (Å²) in [5, 5.41) is 0. The molecule has 17 heavy (non-hydrogen) atoms. The summed E-state index contributed by atoms with van der Waals surface area (Å²) in [6.45, 7) is 0.467. The summed E-state index contributed by atoms with van der Waals surface area (Å²) in [6, 6.07) is 0. The molecule has 1 aromatic rings. The zero-order valence-electron chi connectivity index (χ0n) is 10.0. The third kappa shape index (κ3) is 2.66. The van der Waals surface area contributed by atoms with E-state index in [9.17, 15) is 4.79 Å². The van der Waals surface area contributed by atoms with E-state index < -0.39 is 0 Å². The zero-order chi connectivity index (χ0) is 12.3. The second-order valence-electron chi connectivity index (χ2n) is 4.69. The highest BCUT2D eigenvalue weighted by Crippen LogP contribution is 2.32. The minimum atomic E-state index is -0.122. The van der Waals surface area contributed by atoms with Crippen LogP contribution in [0.15, 0.2) is 4.79 Å². The first-order valence-electron chi connectivity index (χ1n) is 6.31. The molecule has 1 saturated carbocycles. The molecule has 1 aliphatic carbocycles. The van der Waals surface area contributed by atoms with Crippen molar-refractivity contribution in [1.29, 1.82) is 0 Å². The van der Waals surface area contributed by atoms with Gasteiger partial charge < -0.3 is 11.5 Å². The molecule has 5 heteroatoms. The fraction of sp³-hybridized carbons (Fsp3) is 0.667. The van der Waals surface area contributed by atoms with Gasteiger partial charge in [-0.05, 0) is 25.8 Å². The molecular formula is C12H20N4O. The van der Waals surface area contributed by atoms with Gasteiger partial charge >= 0.3 is 0 Å². The lowest BCUT2D eigenvalue weighted by Gasteiger charge is -2.23. The van der Waals surface area contributed by atoms with Crippen LogP contribution < -0.4 is 17.0 Å². The third-order valence-corrected chi connectivity index (χ3v) is 3.45. The van der Waals surface area contributed by atoms with Crippen LogP contribution >= 0.6 is 0 Å². The number of rotatable bonds is 3. The molecule has 0 radical (unpaired) electrons. The van der Waals surface area contributed by atoms with Gasteiger partial charge in [0, 0.05) is 11.5 Å². The molecule has 94 valence electrons. The van der Waals surface area contributed by atoms with Crippen molar-refractivity contribution >= 4 is 5.95 Å². The van der Waals surface area contributed by atoms with E-state index in [0.29, 0.717) is 18.9 Å². The Morgan fingerprint density at radius 3 is 2.65 bits per heavy atom. The number of nitrogens with zero attached hydrogens (tertiary/aromatic N) is 1. The van der Waals surface area contributed by atoms with E-state index in [1.165, 1.54) is 19.3 Å². The third-order valence-electron chi connectivity index (χ3n) is 3.45. The number of nitrogen functional groups attached to an aromatic ring is 1. The summed E-state index contributed by atoms with van der Waals surface area (Å²) in [6.07, 6.45) is 6.49. The van der Waals surface area contributed by atoms with E-state index >= 15 is 0 Å². The van der Waals surface area contributed by atoms with Gasteiger partial charge in [-0.3, -0.25) is 9.78 Å². The fourth-order valence-electron chi connectivity index (χ4n) is 2.63. The summed E-state index contributed by atoms with van der Waals surface area (Å²) in [5.74, 6) is 0.603. The molecule has 2 rings (SSSR count). The number of H-pyrrole nitrogens is 1. The topological polar surface area (TPSA) is 97.8 Å². The zero-order valence-corrected chi connectivity index (χ0v) is 10.0. The molecule has 0 unspecified atom stereocenters. The minimum Gasteiger partial charge on any atom is -0.369 e. The van der Waals surface area contributed by atoms with Crippen molar-refractivity contribution in [1.82, 2.24) is 9.97 Å². The predicted molar refractivity (Wildman–Crippen MR) is 67.9 cm³/mol. The molecule has 1 fully saturated rings. The van der Waals surface area contributed by atoms with Gasteiger partial charge in [0.15, 0.2) is 0 Å². The van der Waals surface area contributed by atoms with E-state index in [4.69, 9.17) is 11.5 Å². The summed E-state index contributed by atoms with van der Waals surface area (Å²) in [4.78, 5) is 18.8. The Bertz CT molecular complexity index is 435. The fourth-order valence-corrected chi connectivity index (χ4v) is 2.63. The minimum absolute atomic E-state index is 0.122. The maximum absolute atomic E-state index is 11.9. The summed E-state index contributed by atoms with van der Waals surface area (Å²) in [7, 11) is 0. The van der Waals surface area contributed by atoms with Crippen molar-refractivity contribution in [3.05, 3.63) is 21.6 Å². The lowest BCUT2D eigenvalue weighted by molar-refractivity contribution is 0.433. The van der Waals surface area contributed by atoms with Crippen LogP contribution in [0.5, 0.6) is 0 Å². The van der Waals surface area contributed by atoms with Gasteiger partial charge in [0.25, 0.3) is 5.56 Å². The molecule has 0 aliphatic heterocycles. The van der Waals surface area contributed by atoms with E-state index in [1.54, 1.807) is 0 Å². The van der Waals surface area contributed by atoms with E-state index in [1.807, 2.05) is 0 Å². The quantitative estimate of drug-likeness (QED) is 0.726. The second kappa shape index (κ2) is 5.31.